The number of nitrogens with one attached hydrogen (secondary N) is 3. The zero-order chi connectivity index (χ0) is 21.5. The first-order valence-electron chi connectivity index (χ1n) is 9.54. The van der Waals surface area contributed by atoms with Crippen LogP contribution < -0.4 is 10.6 Å². The maximum Gasteiger partial charge on any atom is 0.326 e. The number of carboxylic acid groups (broad SMARTS) is 1. The van der Waals surface area contributed by atoms with E-state index in [1.54, 1.807) is 48.7 Å². The first kappa shape index (κ1) is 21.4. The Hall–Kier alpha value is -3.26. The lowest BCUT2D eigenvalue weighted by molar-refractivity contribution is -0.142. The van der Waals surface area contributed by atoms with Gasteiger partial charge in [0.25, 0.3) is 5.91 Å². The van der Waals surface area contributed by atoms with Crippen LogP contribution in [-0.4, -0.2) is 45.7 Å². The monoisotopic (exact) mass is 425 g/mol. The average molecular weight is 426 g/mol. The lowest BCUT2D eigenvalue weighted by Gasteiger charge is -2.21. The molecule has 0 aliphatic rings. The number of carboxylic acids is 1. The average Bonchev–Trinajstić information content (AvgIpc) is 3.21. The van der Waals surface area contributed by atoms with Crippen LogP contribution in [0.4, 0.5) is 0 Å². The van der Waals surface area contributed by atoms with Crippen molar-refractivity contribution < 1.29 is 19.5 Å². The Morgan fingerprint density at radius 3 is 2.47 bits per heavy atom. The summed E-state index contributed by atoms with van der Waals surface area (Å²) in [6.07, 6.45) is 2.20. The van der Waals surface area contributed by atoms with E-state index in [-0.39, 0.29) is 12.8 Å². The molecule has 3 aromatic rings. The molecule has 156 valence electrons. The van der Waals surface area contributed by atoms with Gasteiger partial charge >= 0.3 is 5.97 Å². The van der Waals surface area contributed by atoms with Crippen LogP contribution in [0.2, 0.25) is 0 Å². The number of aromatic amines is 1. The van der Waals surface area contributed by atoms with Gasteiger partial charge in [-0.25, -0.2) is 4.79 Å². The maximum absolute atomic E-state index is 12.7. The van der Waals surface area contributed by atoms with Gasteiger partial charge in [0, 0.05) is 29.1 Å². The summed E-state index contributed by atoms with van der Waals surface area (Å²) in [6.45, 7) is 0. The second-order valence-electron chi connectivity index (χ2n) is 6.91. The third-order valence-electron chi connectivity index (χ3n) is 4.75. The molecular weight excluding hydrogens is 402 g/mol. The molecule has 1 heterocycles. The molecule has 0 aliphatic heterocycles. The molecule has 0 spiro atoms. The minimum atomic E-state index is -1.14. The van der Waals surface area contributed by atoms with Crippen molar-refractivity contribution in [3.05, 3.63) is 71.9 Å². The third kappa shape index (κ3) is 5.42. The summed E-state index contributed by atoms with van der Waals surface area (Å²) < 4.78 is 0. The number of amides is 2. The van der Waals surface area contributed by atoms with Gasteiger partial charge in [-0.1, -0.05) is 30.3 Å². The van der Waals surface area contributed by atoms with Crippen molar-refractivity contribution in [2.45, 2.75) is 24.9 Å². The minimum absolute atomic E-state index is 0.146. The second-order valence-corrected chi connectivity index (χ2v) is 7.35. The molecule has 0 saturated heterocycles. The van der Waals surface area contributed by atoms with E-state index < -0.39 is 29.9 Å². The van der Waals surface area contributed by atoms with Crippen LogP contribution in [0.5, 0.6) is 0 Å². The molecule has 0 aliphatic carbocycles. The zero-order valence-corrected chi connectivity index (χ0v) is 17.1. The van der Waals surface area contributed by atoms with Crippen molar-refractivity contribution in [2.24, 2.45) is 0 Å². The summed E-state index contributed by atoms with van der Waals surface area (Å²) in [6, 6.07) is 14.1. The number of fused-ring (bicyclic) bond motifs is 1. The van der Waals surface area contributed by atoms with E-state index in [9.17, 15) is 19.5 Å². The van der Waals surface area contributed by atoms with Crippen molar-refractivity contribution in [1.82, 2.24) is 15.6 Å². The standard InChI is InChI=1S/C22H23N3O4S/c26-20(16-6-7-17-15(13-16)8-10-23-17)24-18(9-11-30)21(27)25-19(22(28)29)12-14-4-2-1-3-5-14/h1-8,10,13,18-19,23,30H,9,11-12H2,(H,24,26)(H,25,27)(H,28,29)/t18?,19-/m1/s1. The van der Waals surface area contributed by atoms with Crippen molar-refractivity contribution >= 4 is 41.3 Å². The Kier molecular flexibility index (Phi) is 7.13. The van der Waals surface area contributed by atoms with E-state index in [2.05, 4.69) is 28.2 Å². The van der Waals surface area contributed by atoms with Gasteiger partial charge in [0.05, 0.1) is 0 Å². The van der Waals surface area contributed by atoms with Gasteiger partial charge in [0.15, 0.2) is 0 Å². The summed E-state index contributed by atoms with van der Waals surface area (Å²) in [4.78, 5) is 40.1. The van der Waals surface area contributed by atoms with Gasteiger partial charge in [-0.3, -0.25) is 9.59 Å². The van der Waals surface area contributed by atoms with Crippen LogP contribution >= 0.6 is 12.6 Å². The van der Waals surface area contributed by atoms with E-state index >= 15 is 0 Å². The minimum Gasteiger partial charge on any atom is -0.480 e. The van der Waals surface area contributed by atoms with Crippen molar-refractivity contribution in [3.63, 3.8) is 0 Å². The van der Waals surface area contributed by atoms with Crippen molar-refractivity contribution in [2.75, 3.05) is 5.75 Å². The molecule has 1 aromatic heterocycles. The molecule has 30 heavy (non-hydrogen) atoms. The maximum atomic E-state index is 12.7. The predicted molar refractivity (Wildman–Crippen MR) is 118 cm³/mol. The predicted octanol–water partition coefficient (Wildman–Crippen LogP) is 2.40. The smallest absolute Gasteiger partial charge is 0.326 e. The number of hydrogen-bond donors (Lipinski definition) is 5. The number of hydrogen-bond acceptors (Lipinski definition) is 4. The summed E-state index contributed by atoms with van der Waals surface area (Å²) in [5.41, 5.74) is 2.11. The van der Waals surface area contributed by atoms with Gasteiger partial charge in [0.2, 0.25) is 5.91 Å². The fourth-order valence-electron chi connectivity index (χ4n) is 3.16. The van der Waals surface area contributed by atoms with Crippen LogP contribution in [0.1, 0.15) is 22.3 Å². The Morgan fingerprint density at radius 2 is 1.77 bits per heavy atom. The number of H-pyrrole nitrogens is 1. The number of carbonyl (C=O) groups excluding carboxylic acids is 2. The topological polar surface area (TPSA) is 111 Å². The normalized spacial score (nSPS) is 12.8. The first-order valence-corrected chi connectivity index (χ1v) is 10.2. The largest absolute Gasteiger partial charge is 0.480 e. The molecule has 7 nitrogen and oxygen atoms in total. The van der Waals surface area contributed by atoms with Crippen molar-refractivity contribution in [1.29, 1.82) is 0 Å². The number of rotatable bonds is 9. The molecule has 0 fully saturated rings. The number of aliphatic carboxylic acids is 1. The van der Waals surface area contributed by atoms with Crippen LogP contribution in [0.15, 0.2) is 60.8 Å². The van der Waals surface area contributed by atoms with Crippen LogP contribution in [0.25, 0.3) is 10.9 Å². The lowest BCUT2D eigenvalue weighted by atomic mass is 10.0. The highest BCUT2D eigenvalue weighted by Crippen LogP contribution is 2.14. The Balaban J connectivity index is 1.69. The fourth-order valence-corrected chi connectivity index (χ4v) is 3.41. The Morgan fingerprint density at radius 1 is 1.00 bits per heavy atom. The number of aromatic nitrogens is 1. The van der Waals surface area contributed by atoms with E-state index in [0.717, 1.165) is 16.5 Å². The van der Waals surface area contributed by atoms with Crippen LogP contribution in [-0.2, 0) is 16.0 Å². The highest BCUT2D eigenvalue weighted by Gasteiger charge is 2.26. The molecule has 0 saturated carbocycles. The molecule has 2 atom stereocenters. The van der Waals surface area contributed by atoms with Crippen LogP contribution in [0, 0.1) is 0 Å². The van der Waals surface area contributed by atoms with Gasteiger partial charge in [-0.2, -0.15) is 12.6 Å². The summed E-state index contributed by atoms with van der Waals surface area (Å²) in [5, 5.41) is 15.6. The van der Waals surface area contributed by atoms with Gasteiger partial charge in [-0.05, 0) is 42.0 Å². The zero-order valence-electron chi connectivity index (χ0n) is 16.2. The SMILES string of the molecule is O=C(NC(CCS)C(=O)N[C@H](Cc1ccccc1)C(=O)O)c1ccc2[nH]ccc2c1. The van der Waals surface area contributed by atoms with E-state index in [0.29, 0.717) is 11.3 Å². The van der Waals surface area contributed by atoms with E-state index in [4.69, 9.17) is 0 Å². The van der Waals surface area contributed by atoms with Gasteiger partial charge in [-0.15, -0.1) is 0 Å². The molecule has 4 N–H and O–H groups in total. The molecule has 2 aromatic carbocycles. The van der Waals surface area contributed by atoms with Crippen molar-refractivity contribution in [3.8, 4) is 0 Å². The van der Waals surface area contributed by atoms with E-state index in [1.807, 2.05) is 12.1 Å². The third-order valence-corrected chi connectivity index (χ3v) is 5.01. The molecule has 3 rings (SSSR count). The Labute approximate surface area is 179 Å². The molecule has 1 unspecified atom stereocenters. The number of carbonyl (C=O) groups is 3. The summed E-state index contributed by atoms with van der Waals surface area (Å²) in [7, 11) is 0. The highest BCUT2D eigenvalue weighted by molar-refractivity contribution is 7.80. The molecule has 2 amide bonds. The number of benzene rings is 2. The Bertz CT molecular complexity index is 1040. The molecule has 8 heteroatoms. The summed E-state index contributed by atoms with van der Waals surface area (Å²) >= 11 is 4.16. The molecule has 0 radical (unpaired) electrons. The fraction of sp³-hybridized carbons (Fsp3) is 0.227. The first-order chi connectivity index (χ1) is 14.5. The van der Waals surface area contributed by atoms with Gasteiger partial charge < -0.3 is 20.7 Å². The second kappa shape index (κ2) is 9.98. The van der Waals surface area contributed by atoms with Gasteiger partial charge in [0.1, 0.15) is 12.1 Å². The number of thiol groups is 1. The van der Waals surface area contributed by atoms with E-state index in [1.165, 1.54) is 0 Å². The molecule has 0 bridgehead atoms. The summed E-state index contributed by atoms with van der Waals surface area (Å²) in [5.74, 6) is -1.74. The quantitative estimate of drug-likeness (QED) is 0.339. The highest BCUT2D eigenvalue weighted by atomic mass is 32.1. The lowest BCUT2D eigenvalue weighted by Crippen LogP contribution is -2.52. The molecular formula is C22H23N3O4S. The van der Waals surface area contributed by atoms with Crippen LogP contribution in [0.3, 0.4) is 0 Å².